The molecule has 0 radical (unpaired) electrons. The quantitative estimate of drug-likeness (QED) is 0.888. The molecule has 2 rings (SSSR count). The van der Waals surface area contributed by atoms with Crippen LogP contribution in [0.1, 0.15) is 23.6 Å². The molecule has 0 aliphatic carbocycles. The summed E-state index contributed by atoms with van der Waals surface area (Å²) in [5.74, 6) is -0.0332. The number of anilines is 1. The van der Waals surface area contributed by atoms with E-state index in [2.05, 4.69) is 24.4 Å². The number of nitrogens with one attached hydrogen (secondary N) is 1. The minimum Gasteiger partial charge on any atom is -0.326 e. The lowest BCUT2D eigenvalue weighted by atomic mass is 10.1. The van der Waals surface area contributed by atoms with E-state index in [-0.39, 0.29) is 5.91 Å². The normalized spacial score (nSPS) is 10.3. The molecule has 0 saturated heterocycles. The molecule has 2 aromatic carbocycles. The van der Waals surface area contributed by atoms with Crippen LogP contribution < -0.4 is 5.32 Å². The third-order valence-corrected chi connectivity index (χ3v) is 3.66. The van der Waals surface area contributed by atoms with Gasteiger partial charge in [-0.3, -0.25) is 4.79 Å². The Morgan fingerprint density at radius 2 is 1.75 bits per heavy atom. The van der Waals surface area contributed by atoms with Gasteiger partial charge in [0, 0.05) is 10.7 Å². The van der Waals surface area contributed by atoms with Crippen LogP contribution in [0, 0.1) is 6.92 Å². The zero-order valence-corrected chi connectivity index (χ0v) is 12.5. The average Bonchev–Trinajstić information content (AvgIpc) is 2.44. The van der Waals surface area contributed by atoms with Crippen LogP contribution in [0.4, 0.5) is 5.69 Å². The van der Waals surface area contributed by atoms with E-state index in [0.29, 0.717) is 11.4 Å². The number of hydrogen-bond acceptors (Lipinski definition) is 1. The minimum absolute atomic E-state index is 0.0332. The number of carbonyl (C=O) groups is 1. The first kappa shape index (κ1) is 14.6. The summed E-state index contributed by atoms with van der Waals surface area (Å²) in [7, 11) is 0. The van der Waals surface area contributed by atoms with Gasteiger partial charge in [-0.25, -0.2) is 0 Å². The van der Waals surface area contributed by atoms with Crippen molar-refractivity contribution in [2.24, 2.45) is 0 Å². The van der Waals surface area contributed by atoms with Crippen LogP contribution in [0.15, 0.2) is 42.5 Å². The molecule has 0 fully saturated rings. The van der Waals surface area contributed by atoms with Gasteiger partial charge in [0.2, 0.25) is 5.91 Å². The first-order valence-corrected chi connectivity index (χ1v) is 7.10. The first-order chi connectivity index (χ1) is 9.58. The summed E-state index contributed by atoms with van der Waals surface area (Å²) in [6, 6.07) is 13.7. The van der Waals surface area contributed by atoms with E-state index >= 15 is 0 Å². The van der Waals surface area contributed by atoms with Gasteiger partial charge in [-0.05, 0) is 42.2 Å². The maximum atomic E-state index is 12.0. The maximum absolute atomic E-state index is 12.0. The van der Waals surface area contributed by atoms with Crippen LogP contribution in [0.2, 0.25) is 5.02 Å². The Morgan fingerprint density at radius 1 is 1.10 bits per heavy atom. The van der Waals surface area contributed by atoms with E-state index in [1.165, 1.54) is 5.56 Å². The highest BCUT2D eigenvalue weighted by Gasteiger charge is 2.05. The number of hydrogen-bond donors (Lipinski definition) is 1. The van der Waals surface area contributed by atoms with Gasteiger partial charge in [0.15, 0.2) is 0 Å². The minimum atomic E-state index is -0.0332. The van der Waals surface area contributed by atoms with Crippen molar-refractivity contribution in [3.05, 3.63) is 64.2 Å². The fraction of sp³-hybridized carbons (Fsp3) is 0.235. The average molecular weight is 288 g/mol. The van der Waals surface area contributed by atoms with Gasteiger partial charge in [0.1, 0.15) is 0 Å². The Labute approximate surface area is 124 Å². The van der Waals surface area contributed by atoms with Gasteiger partial charge in [-0.2, -0.15) is 0 Å². The Morgan fingerprint density at radius 3 is 2.35 bits per heavy atom. The Balaban J connectivity index is 1.99. The molecule has 3 heteroatoms. The first-order valence-electron chi connectivity index (χ1n) is 6.72. The molecule has 0 heterocycles. The maximum Gasteiger partial charge on any atom is 0.228 e. The zero-order valence-electron chi connectivity index (χ0n) is 11.7. The van der Waals surface area contributed by atoms with Crippen LogP contribution >= 0.6 is 11.6 Å². The smallest absolute Gasteiger partial charge is 0.228 e. The topological polar surface area (TPSA) is 29.1 Å². The number of benzene rings is 2. The van der Waals surface area contributed by atoms with Crippen molar-refractivity contribution in [3.63, 3.8) is 0 Å². The van der Waals surface area contributed by atoms with Gasteiger partial charge >= 0.3 is 0 Å². The van der Waals surface area contributed by atoms with Gasteiger partial charge < -0.3 is 5.32 Å². The zero-order chi connectivity index (χ0) is 14.5. The summed E-state index contributed by atoms with van der Waals surface area (Å²) in [6.07, 6.45) is 1.38. The highest BCUT2D eigenvalue weighted by atomic mass is 35.5. The lowest BCUT2D eigenvalue weighted by molar-refractivity contribution is -0.115. The van der Waals surface area contributed by atoms with Crippen molar-refractivity contribution in [1.29, 1.82) is 0 Å². The second kappa shape index (κ2) is 6.58. The van der Waals surface area contributed by atoms with Crippen molar-refractivity contribution in [2.45, 2.75) is 26.7 Å². The molecular formula is C17H18ClNO. The Bertz CT molecular complexity index is 605. The molecule has 1 amide bonds. The molecule has 0 bridgehead atoms. The number of carbonyl (C=O) groups excluding carboxylic acids is 1. The Hall–Kier alpha value is -1.80. The molecule has 0 spiro atoms. The fourth-order valence-corrected chi connectivity index (χ4v) is 2.13. The van der Waals surface area contributed by atoms with Gasteiger partial charge in [0.25, 0.3) is 0 Å². The highest BCUT2D eigenvalue weighted by molar-refractivity contribution is 6.31. The van der Waals surface area contributed by atoms with Crippen molar-refractivity contribution in [3.8, 4) is 0 Å². The second-order valence-corrected chi connectivity index (χ2v) is 5.27. The number of rotatable bonds is 4. The number of halogens is 1. The summed E-state index contributed by atoms with van der Waals surface area (Å²) >= 11 is 6.04. The summed E-state index contributed by atoms with van der Waals surface area (Å²) in [6.45, 7) is 4.05. The molecule has 2 aromatic rings. The van der Waals surface area contributed by atoms with Crippen LogP contribution in [-0.2, 0) is 17.6 Å². The standard InChI is InChI=1S/C17H18ClNO/c1-3-13-5-7-14(8-6-13)10-17(20)19-15-9-4-12(2)16(18)11-15/h4-9,11H,3,10H2,1-2H3,(H,19,20). The van der Waals surface area contributed by atoms with Crippen molar-refractivity contribution < 1.29 is 4.79 Å². The third-order valence-electron chi connectivity index (χ3n) is 3.25. The fourth-order valence-electron chi connectivity index (χ4n) is 1.95. The molecule has 104 valence electrons. The SMILES string of the molecule is CCc1ccc(CC(=O)Nc2ccc(C)c(Cl)c2)cc1. The molecule has 0 unspecified atom stereocenters. The Kier molecular flexibility index (Phi) is 4.80. The number of aryl methyl sites for hydroxylation is 2. The monoisotopic (exact) mass is 287 g/mol. The molecule has 20 heavy (non-hydrogen) atoms. The van der Waals surface area contributed by atoms with Crippen LogP contribution in [0.5, 0.6) is 0 Å². The van der Waals surface area contributed by atoms with E-state index in [0.717, 1.165) is 23.2 Å². The molecule has 0 saturated carbocycles. The van der Waals surface area contributed by atoms with Crippen LogP contribution in [0.25, 0.3) is 0 Å². The predicted molar refractivity (Wildman–Crippen MR) is 84.3 cm³/mol. The summed E-state index contributed by atoms with van der Waals surface area (Å²) in [4.78, 5) is 12.0. The molecule has 0 atom stereocenters. The van der Waals surface area contributed by atoms with E-state index in [9.17, 15) is 4.79 Å². The molecular weight excluding hydrogens is 270 g/mol. The second-order valence-electron chi connectivity index (χ2n) is 4.86. The predicted octanol–water partition coefficient (Wildman–Crippen LogP) is 4.39. The van der Waals surface area contributed by atoms with Crippen LogP contribution in [0.3, 0.4) is 0 Å². The summed E-state index contributed by atoms with van der Waals surface area (Å²) < 4.78 is 0. The lowest BCUT2D eigenvalue weighted by Gasteiger charge is -2.07. The van der Waals surface area contributed by atoms with Gasteiger partial charge in [0.05, 0.1) is 6.42 Å². The summed E-state index contributed by atoms with van der Waals surface area (Å²) in [5.41, 5.74) is 4.02. The molecule has 0 aromatic heterocycles. The van der Waals surface area contributed by atoms with Crippen molar-refractivity contribution in [2.75, 3.05) is 5.32 Å². The summed E-state index contributed by atoms with van der Waals surface area (Å²) in [5, 5.41) is 3.53. The molecule has 1 N–H and O–H groups in total. The molecule has 2 nitrogen and oxygen atoms in total. The van der Waals surface area contributed by atoms with Crippen molar-refractivity contribution >= 4 is 23.2 Å². The van der Waals surface area contributed by atoms with E-state index in [1.54, 1.807) is 6.07 Å². The molecule has 0 aliphatic rings. The van der Waals surface area contributed by atoms with E-state index in [1.807, 2.05) is 31.2 Å². The third kappa shape index (κ3) is 3.84. The molecule has 0 aliphatic heterocycles. The largest absolute Gasteiger partial charge is 0.326 e. The van der Waals surface area contributed by atoms with Gasteiger partial charge in [-0.15, -0.1) is 0 Å². The van der Waals surface area contributed by atoms with Crippen molar-refractivity contribution in [1.82, 2.24) is 0 Å². The lowest BCUT2D eigenvalue weighted by Crippen LogP contribution is -2.14. The number of amides is 1. The highest BCUT2D eigenvalue weighted by Crippen LogP contribution is 2.20. The van der Waals surface area contributed by atoms with E-state index < -0.39 is 0 Å². The van der Waals surface area contributed by atoms with Gasteiger partial charge in [-0.1, -0.05) is 48.9 Å². The van der Waals surface area contributed by atoms with E-state index in [4.69, 9.17) is 11.6 Å². The van der Waals surface area contributed by atoms with Crippen LogP contribution in [-0.4, -0.2) is 5.91 Å².